The second-order valence-electron chi connectivity index (χ2n) is 3.89. The van der Waals surface area contributed by atoms with Crippen LogP contribution in [-0.4, -0.2) is 35.3 Å². The number of amides is 1. The van der Waals surface area contributed by atoms with E-state index in [2.05, 4.69) is 4.74 Å². The Balaban J connectivity index is 2.84. The number of aliphatic hydroxyl groups excluding tert-OH is 2. The molecule has 1 rings (SSSR count). The Morgan fingerprint density at radius 1 is 1.42 bits per heavy atom. The molecule has 0 heterocycles. The predicted octanol–water partition coefficient (Wildman–Crippen LogP) is -0.752. The lowest BCUT2D eigenvalue weighted by atomic mass is 10.00. The summed E-state index contributed by atoms with van der Waals surface area (Å²) in [6, 6.07) is 5.95. The van der Waals surface area contributed by atoms with E-state index in [9.17, 15) is 19.8 Å². The Hall–Kier alpha value is -1.96. The molecule has 2 unspecified atom stereocenters. The summed E-state index contributed by atoms with van der Waals surface area (Å²) in [6.07, 6.45) is -2.96. The lowest BCUT2D eigenvalue weighted by molar-refractivity contribution is -0.144. The Kier molecular flexibility index (Phi) is 5.43. The molecular formula is C12H16N2O5. The minimum absolute atomic E-state index is 0.240. The molecule has 7 nitrogen and oxygen atoms in total. The van der Waals surface area contributed by atoms with Gasteiger partial charge < -0.3 is 14.9 Å². The number of hydrogen-bond acceptors (Lipinski definition) is 6. The molecule has 0 spiro atoms. The number of carbonyl (C=O) groups excluding carboxylic acids is 2. The number of hydrazine groups is 1. The van der Waals surface area contributed by atoms with Crippen LogP contribution in [0.2, 0.25) is 0 Å². The van der Waals surface area contributed by atoms with Gasteiger partial charge in [0.15, 0.2) is 0 Å². The van der Waals surface area contributed by atoms with Crippen molar-refractivity contribution in [2.75, 3.05) is 7.11 Å². The number of rotatable bonds is 5. The van der Waals surface area contributed by atoms with E-state index in [1.54, 1.807) is 0 Å². The number of hydrogen-bond donors (Lipinski definition) is 4. The molecule has 0 aliphatic heterocycles. The van der Waals surface area contributed by atoms with E-state index in [1.807, 2.05) is 5.43 Å². The predicted molar refractivity (Wildman–Crippen MR) is 65.7 cm³/mol. The highest BCUT2D eigenvalue weighted by Crippen LogP contribution is 2.20. The molecule has 1 amide bonds. The average molecular weight is 268 g/mol. The quantitative estimate of drug-likeness (QED) is 0.241. The lowest BCUT2D eigenvalue weighted by Crippen LogP contribution is -2.30. The van der Waals surface area contributed by atoms with Gasteiger partial charge in [-0.2, -0.15) is 0 Å². The smallest absolute Gasteiger partial charge is 0.308 e. The lowest BCUT2D eigenvalue weighted by Gasteiger charge is -2.17. The van der Waals surface area contributed by atoms with Gasteiger partial charge in [-0.3, -0.25) is 15.0 Å². The number of benzene rings is 1. The first kappa shape index (κ1) is 15.1. The zero-order valence-corrected chi connectivity index (χ0v) is 10.4. The molecule has 19 heavy (non-hydrogen) atoms. The maximum atomic E-state index is 11.3. The zero-order chi connectivity index (χ0) is 14.4. The van der Waals surface area contributed by atoms with Crippen molar-refractivity contribution in [3.63, 3.8) is 0 Å². The summed E-state index contributed by atoms with van der Waals surface area (Å²) in [4.78, 5) is 22.3. The molecule has 1 aromatic rings. The van der Waals surface area contributed by atoms with Gasteiger partial charge in [0.1, 0.15) is 6.10 Å². The fraction of sp³-hybridized carbons (Fsp3) is 0.333. The Morgan fingerprint density at radius 2 is 2.11 bits per heavy atom. The summed E-state index contributed by atoms with van der Waals surface area (Å²) in [5.41, 5.74) is 2.50. The SMILES string of the molecule is COC(=O)CC(O)C(O)c1cccc(C(=O)NN)c1. The second kappa shape index (κ2) is 6.83. The van der Waals surface area contributed by atoms with Gasteiger partial charge in [-0.15, -0.1) is 0 Å². The van der Waals surface area contributed by atoms with Crippen LogP contribution < -0.4 is 11.3 Å². The fourth-order valence-corrected chi connectivity index (χ4v) is 1.54. The van der Waals surface area contributed by atoms with Gasteiger partial charge in [-0.05, 0) is 17.7 Å². The number of esters is 1. The summed E-state index contributed by atoms with van der Waals surface area (Å²) < 4.78 is 4.40. The van der Waals surface area contributed by atoms with Crippen molar-refractivity contribution in [1.82, 2.24) is 5.43 Å². The Morgan fingerprint density at radius 3 is 2.68 bits per heavy atom. The van der Waals surface area contributed by atoms with Crippen LogP contribution in [0, 0.1) is 0 Å². The third-order valence-electron chi connectivity index (χ3n) is 2.59. The molecule has 0 bridgehead atoms. The van der Waals surface area contributed by atoms with E-state index in [-0.39, 0.29) is 12.0 Å². The first-order valence-corrected chi connectivity index (χ1v) is 5.53. The minimum atomic E-state index is -1.32. The molecule has 1 aromatic carbocycles. The number of nitrogens with two attached hydrogens (primary N) is 1. The highest BCUT2D eigenvalue weighted by molar-refractivity contribution is 5.93. The van der Waals surface area contributed by atoms with Crippen molar-refractivity contribution in [1.29, 1.82) is 0 Å². The number of carbonyl (C=O) groups is 2. The van der Waals surface area contributed by atoms with Gasteiger partial charge in [-0.25, -0.2) is 5.84 Å². The van der Waals surface area contributed by atoms with Crippen molar-refractivity contribution in [3.8, 4) is 0 Å². The van der Waals surface area contributed by atoms with Crippen molar-refractivity contribution < 1.29 is 24.5 Å². The van der Waals surface area contributed by atoms with Crippen LogP contribution in [0.1, 0.15) is 28.4 Å². The average Bonchev–Trinajstić information content (AvgIpc) is 2.45. The van der Waals surface area contributed by atoms with E-state index in [1.165, 1.54) is 31.4 Å². The van der Waals surface area contributed by atoms with E-state index in [0.717, 1.165) is 0 Å². The molecule has 104 valence electrons. The van der Waals surface area contributed by atoms with Crippen LogP contribution >= 0.6 is 0 Å². The van der Waals surface area contributed by atoms with Gasteiger partial charge >= 0.3 is 5.97 Å². The topological polar surface area (TPSA) is 122 Å². The van der Waals surface area contributed by atoms with Crippen LogP contribution in [0.15, 0.2) is 24.3 Å². The normalized spacial score (nSPS) is 13.5. The number of ether oxygens (including phenoxy) is 1. The van der Waals surface area contributed by atoms with Crippen LogP contribution in [0.25, 0.3) is 0 Å². The summed E-state index contributed by atoms with van der Waals surface area (Å²) in [5.74, 6) is 3.85. The number of aliphatic hydroxyl groups is 2. The minimum Gasteiger partial charge on any atom is -0.469 e. The molecule has 0 radical (unpaired) electrons. The van der Waals surface area contributed by atoms with Crippen LogP contribution in [-0.2, 0) is 9.53 Å². The van der Waals surface area contributed by atoms with E-state index in [4.69, 9.17) is 5.84 Å². The standard InChI is InChI=1S/C12H16N2O5/c1-19-10(16)6-9(15)11(17)7-3-2-4-8(5-7)12(18)14-13/h2-5,9,11,15,17H,6,13H2,1H3,(H,14,18). The van der Waals surface area contributed by atoms with Gasteiger partial charge in [0, 0.05) is 5.56 Å². The highest BCUT2D eigenvalue weighted by Gasteiger charge is 2.22. The third kappa shape index (κ3) is 4.02. The summed E-state index contributed by atoms with van der Waals surface area (Å²) >= 11 is 0. The third-order valence-corrected chi connectivity index (χ3v) is 2.59. The maximum Gasteiger partial charge on any atom is 0.308 e. The van der Waals surface area contributed by atoms with E-state index < -0.39 is 24.1 Å². The summed E-state index contributed by atoms with van der Waals surface area (Å²) in [6.45, 7) is 0. The van der Waals surface area contributed by atoms with Crippen molar-refractivity contribution in [3.05, 3.63) is 35.4 Å². The van der Waals surface area contributed by atoms with E-state index in [0.29, 0.717) is 5.56 Å². The molecule has 0 saturated heterocycles. The summed E-state index contributed by atoms with van der Waals surface area (Å²) in [5, 5.41) is 19.6. The fourth-order valence-electron chi connectivity index (χ4n) is 1.54. The molecule has 2 atom stereocenters. The Labute approximate surface area is 110 Å². The molecule has 7 heteroatoms. The maximum absolute atomic E-state index is 11.3. The van der Waals surface area contributed by atoms with Gasteiger partial charge in [-0.1, -0.05) is 12.1 Å². The number of nitrogen functional groups attached to an aromatic ring is 1. The van der Waals surface area contributed by atoms with Crippen LogP contribution in [0.3, 0.4) is 0 Å². The van der Waals surface area contributed by atoms with Gasteiger partial charge in [0.2, 0.25) is 0 Å². The molecule has 5 N–H and O–H groups in total. The first-order valence-electron chi connectivity index (χ1n) is 5.53. The number of methoxy groups -OCH3 is 1. The van der Waals surface area contributed by atoms with Crippen molar-refractivity contribution >= 4 is 11.9 Å². The van der Waals surface area contributed by atoms with Gasteiger partial charge in [0.25, 0.3) is 5.91 Å². The molecular weight excluding hydrogens is 252 g/mol. The zero-order valence-electron chi connectivity index (χ0n) is 10.4. The van der Waals surface area contributed by atoms with Crippen molar-refractivity contribution in [2.24, 2.45) is 5.84 Å². The second-order valence-corrected chi connectivity index (χ2v) is 3.89. The van der Waals surface area contributed by atoms with Crippen molar-refractivity contribution in [2.45, 2.75) is 18.6 Å². The monoisotopic (exact) mass is 268 g/mol. The van der Waals surface area contributed by atoms with E-state index >= 15 is 0 Å². The first-order chi connectivity index (χ1) is 8.99. The molecule has 0 saturated carbocycles. The summed E-state index contributed by atoms with van der Waals surface area (Å²) in [7, 11) is 1.19. The van der Waals surface area contributed by atoms with Crippen LogP contribution in [0.4, 0.5) is 0 Å². The Bertz CT molecular complexity index is 463. The largest absolute Gasteiger partial charge is 0.469 e. The highest BCUT2D eigenvalue weighted by atomic mass is 16.5. The molecule has 0 aliphatic carbocycles. The van der Waals surface area contributed by atoms with Gasteiger partial charge in [0.05, 0.1) is 19.6 Å². The molecule has 0 fully saturated rings. The van der Waals surface area contributed by atoms with Crippen LogP contribution in [0.5, 0.6) is 0 Å². The molecule has 0 aliphatic rings. The number of nitrogens with one attached hydrogen (secondary N) is 1. The molecule has 0 aromatic heterocycles.